The quantitative estimate of drug-likeness (QED) is 0.769. The van der Waals surface area contributed by atoms with Crippen LogP contribution in [0.2, 0.25) is 5.02 Å². The van der Waals surface area contributed by atoms with Crippen molar-refractivity contribution in [1.29, 1.82) is 0 Å². The number of aliphatic hydroxyl groups excluding tert-OH is 1. The van der Waals surface area contributed by atoms with E-state index in [0.717, 1.165) is 17.9 Å². The topological polar surface area (TPSA) is 20.2 Å². The first-order valence-electron chi connectivity index (χ1n) is 6.51. The van der Waals surface area contributed by atoms with Gasteiger partial charge in [-0.2, -0.15) is 0 Å². The minimum Gasteiger partial charge on any atom is -0.396 e. The van der Waals surface area contributed by atoms with Crippen LogP contribution in [0.4, 0.5) is 0 Å². The number of rotatable bonds is 7. The van der Waals surface area contributed by atoms with Crippen molar-refractivity contribution in [3.8, 4) is 0 Å². The number of hydrogen-bond acceptors (Lipinski definition) is 1. The lowest BCUT2D eigenvalue weighted by Crippen LogP contribution is -2.13. The highest BCUT2D eigenvalue weighted by molar-refractivity contribution is 6.30. The van der Waals surface area contributed by atoms with Crippen molar-refractivity contribution in [2.24, 2.45) is 11.8 Å². The molecule has 1 aromatic rings. The summed E-state index contributed by atoms with van der Waals surface area (Å²) < 4.78 is 0. The minimum absolute atomic E-state index is 0.274. The van der Waals surface area contributed by atoms with Crippen molar-refractivity contribution in [3.63, 3.8) is 0 Å². The second kappa shape index (κ2) is 7.73. The lowest BCUT2D eigenvalue weighted by molar-refractivity contribution is 0.200. The third-order valence-corrected chi connectivity index (χ3v) is 3.46. The summed E-state index contributed by atoms with van der Waals surface area (Å²) in [6.45, 7) is 4.76. The molecule has 1 nitrogen and oxygen atoms in total. The summed E-state index contributed by atoms with van der Waals surface area (Å²) in [5.41, 5.74) is 1.26. The lowest BCUT2D eigenvalue weighted by Gasteiger charge is -2.18. The summed E-state index contributed by atoms with van der Waals surface area (Å²) in [5, 5.41) is 10.2. The van der Waals surface area contributed by atoms with Crippen LogP contribution in [0, 0.1) is 11.8 Å². The average molecular weight is 255 g/mol. The third-order valence-electron chi connectivity index (χ3n) is 3.21. The maximum atomic E-state index is 9.43. The van der Waals surface area contributed by atoms with Crippen molar-refractivity contribution in [2.75, 3.05) is 6.61 Å². The smallest absolute Gasteiger partial charge is 0.0462 e. The lowest BCUT2D eigenvalue weighted by atomic mass is 9.89. The van der Waals surface area contributed by atoms with Gasteiger partial charge in [-0.15, -0.1) is 0 Å². The third kappa shape index (κ3) is 5.56. The van der Waals surface area contributed by atoms with Crippen LogP contribution in [0.15, 0.2) is 24.3 Å². The zero-order valence-corrected chi connectivity index (χ0v) is 11.6. The van der Waals surface area contributed by atoms with Gasteiger partial charge < -0.3 is 5.11 Å². The molecule has 2 unspecified atom stereocenters. The molecule has 0 aliphatic heterocycles. The van der Waals surface area contributed by atoms with Gasteiger partial charge in [0.05, 0.1) is 0 Å². The van der Waals surface area contributed by atoms with Gasteiger partial charge in [0.1, 0.15) is 0 Å². The highest BCUT2D eigenvalue weighted by atomic mass is 35.5. The van der Waals surface area contributed by atoms with Gasteiger partial charge in [-0.3, -0.25) is 0 Å². The predicted octanol–water partition coefficient (Wildman–Crippen LogP) is 4.32. The molecule has 0 aliphatic carbocycles. The van der Waals surface area contributed by atoms with E-state index in [2.05, 4.69) is 26.0 Å². The summed E-state index contributed by atoms with van der Waals surface area (Å²) in [7, 11) is 0. The van der Waals surface area contributed by atoms with E-state index in [-0.39, 0.29) is 6.61 Å². The normalized spacial score (nSPS) is 14.6. The molecule has 0 bridgehead atoms. The molecule has 0 saturated carbocycles. The van der Waals surface area contributed by atoms with Gasteiger partial charge in [0, 0.05) is 11.6 Å². The molecule has 0 fully saturated rings. The molecule has 0 radical (unpaired) electrons. The van der Waals surface area contributed by atoms with E-state index in [1.165, 1.54) is 18.4 Å². The molecule has 96 valence electrons. The van der Waals surface area contributed by atoms with Crippen LogP contribution in [-0.2, 0) is 6.42 Å². The van der Waals surface area contributed by atoms with Crippen molar-refractivity contribution in [2.45, 2.75) is 39.5 Å². The Balaban J connectivity index is 2.48. The number of aliphatic hydroxyl groups is 1. The van der Waals surface area contributed by atoms with Gasteiger partial charge in [-0.05, 0) is 42.4 Å². The fourth-order valence-corrected chi connectivity index (χ4v) is 2.48. The van der Waals surface area contributed by atoms with Crippen molar-refractivity contribution in [3.05, 3.63) is 34.9 Å². The van der Waals surface area contributed by atoms with E-state index in [1.54, 1.807) is 0 Å². The van der Waals surface area contributed by atoms with Gasteiger partial charge in [0.2, 0.25) is 0 Å². The Bertz CT molecular complexity index is 307. The molecule has 0 heterocycles. The monoisotopic (exact) mass is 254 g/mol. The number of halogens is 1. The predicted molar refractivity (Wildman–Crippen MR) is 74.4 cm³/mol. The van der Waals surface area contributed by atoms with Gasteiger partial charge in [0.25, 0.3) is 0 Å². The average Bonchev–Trinajstić information content (AvgIpc) is 2.31. The van der Waals surface area contributed by atoms with E-state index in [1.807, 2.05) is 12.1 Å². The molecule has 1 N–H and O–H groups in total. The van der Waals surface area contributed by atoms with Gasteiger partial charge >= 0.3 is 0 Å². The van der Waals surface area contributed by atoms with Gasteiger partial charge in [-0.1, -0.05) is 50.4 Å². The summed E-state index contributed by atoms with van der Waals surface area (Å²) in [6.07, 6.45) is 4.52. The Morgan fingerprint density at radius 2 is 1.88 bits per heavy atom. The standard InChI is InChI=1S/C15H23ClO/c1-3-4-12(2)9-14(11-17)10-13-5-7-15(16)8-6-13/h5-8,12,14,17H,3-4,9-11H2,1-2H3. The van der Waals surface area contributed by atoms with Crippen LogP contribution in [-0.4, -0.2) is 11.7 Å². The summed E-state index contributed by atoms with van der Waals surface area (Å²) >= 11 is 5.86. The summed E-state index contributed by atoms with van der Waals surface area (Å²) in [6, 6.07) is 7.94. The van der Waals surface area contributed by atoms with Crippen LogP contribution < -0.4 is 0 Å². The van der Waals surface area contributed by atoms with E-state index < -0.39 is 0 Å². The van der Waals surface area contributed by atoms with E-state index in [9.17, 15) is 5.11 Å². The fourth-order valence-electron chi connectivity index (χ4n) is 2.36. The molecular formula is C15H23ClO. The van der Waals surface area contributed by atoms with Crippen molar-refractivity contribution in [1.82, 2.24) is 0 Å². The second-order valence-electron chi connectivity index (χ2n) is 5.01. The maximum absolute atomic E-state index is 9.43. The molecule has 2 atom stereocenters. The minimum atomic E-state index is 0.274. The first-order valence-corrected chi connectivity index (χ1v) is 6.88. The van der Waals surface area contributed by atoms with Crippen LogP contribution >= 0.6 is 11.6 Å². The molecule has 0 amide bonds. The Kier molecular flexibility index (Phi) is 6.61. The van der Waals surface area contributed by atoms with Crippen LogP contribution in [0.5, 0.6) is 0 Å². The molecule has 2 heteroatoms. The summed E-state index contributed by atoms with van der Waals surface area (Å²) in [4.78, 5) is 0. The van der Waals surface area contributed by atoms with E-state index in [4.69, 9.17) is 11.6 Å². The SMILES string of the molecule is CCCC(C)CC(CO)Cc1ccc(Cl)cc1. The molecule has 17 heavy (non-hydrogen) atoms. The van der Waals surface area contributed by atoms with Crippen molar-refractivity contribution >= 4 is 11.6 Å². The zero-order valence-electron chi connectivity index (χ0n) is 10.8. The van der Waals surface area contributed by atoms with E-state index >= 15 is 0 Å². The Morgan fingerprint density at radius 1 is 1.24 bits per heavy atom. The molecule has 0 spiro atoms. The Labute approximate surface area is 110 Å². The highest BCUT2D eigenvalue weighted by Crippen LogP contribution is 2.21. The number of benzene rings is 1. The van der Waals surface area contributed by atoms with Gasteiger partial charge in [-0.25, -0.2) is 0 Å². The maximum Gasteiger partial charge on any atom is 0.0462 e. The Hall–Kier alpha value is -0.530. The van der Waals surface area contributed by atoms with E-state index in [0.29, 0.717) is 11.8 Å². The molecular weight excluding hydrogens is 232 g/mol. The first-order chi connectivity index (χ1) is 8.15. The van der Waals surface area contributed by atoms with Crippen LogP contribution in [0.3, 0.4) is 0 Å². The largest absolute Gasteiger partial charge is 0.396 e. The molecule has 1 rings (SSSR count). The summed E-state index contributed by atoms with van der Waals surface area (Å²) in [5.74, 6) is 1.07. The second-order valence-corrected chi connectivity index (χ2v) is 5.45. The Morgan fingerprint density at radius 3 is 2.41 bits per heavy atom. The van der Waals surface area contributed by atoms with Crippen LogP contribution in [0.1, 0.15) is 38.7 Å². The molecule has 0 aliphatic rings. The molecule has 1 aromatic carbocycles. The van der Waals surface area contributed by atoms with Crippen molar-refractivity contribution < 1.29 is 5.11 Å². The molecule has 0 aromatic heterocycles. The zero-order chi connectivity index (χ0) is 12.7. The molecule has 0 saturated heterocycles. The number of hydrogen-bond donors (Lipinski definition) is 1. The highest BCUT2D eigenvalue weighted by Gasteiger charge is 2.12. The van der Waals surface area contributed by atoms with Crippen LogP contribution in [0.25, 0.3) is 0 Å². The first kappa shape index (κ1) is 14.5. The fraction of sp³-hybridized carbons (Fsp3) is 0.600. The van der Waals surface area contributed by atoms with Gasteiger partial charge in [0.15, 0.2) is 0 Å².